The molecule has 0 saturated carbocycles. The maximum Gasteiger partial charge on any atom is 0.334 e. The predicted octanol–water partition coefficient (Wildman–Crippen LogP) is 1.85. The third-order valence-electron chi connectivity index (χ3n) is 2.15. The van der Waals surface area contributed by atoms with Crippen LogP contribution in [0.1, 0.15) is 4.88 Å². The third-order valence-corrected chi connectivity index (χ3v) is 4.55. The summed E-state index contributed by atoms with van der Waals surface area (Å²) in [6.45, 7) is -0.0317. The summed E-state index contributed by atoms with van der Waals surface area (Å²) in [4.78, 5) is 23.2. The predicted molar refractivity (Wildman–Crippen MR) is 76.9 cm³/mol. The summed E-state index contributed by atoms with van der Waals surface area (Å²) in [5.41, 5.74) is 0. The molecule has 1 aromatic heterocycles. The maximum atomic E-state index is 11.5. The van der Waals surface area contributed by atoms with Crippen LogP contribution in [-0.2, 0) is 20.1 Å². The lowest BCUT2D eigenvalue weighted by Crippen LogP contribution is -2.38. The minimum absolute atomic E-state index is 0.0317. The first-order valence-corrected chi connectivity index (χ1v) is 7.72. The van der Waals surface area contributed by atoms with Gasteiger partial charge in [0.2, 0.25) is 5.91 Å². The summed E-state index contributed by atoms with van der Waals surface area (Å²) in [5, 5.41) is 11.2. The molecule has 0 radical (unpaired) electrons. The average molecular weight is 324 g/mol. The van der Waals surface area contributed by atoms with Gasteiger partial charge < -0.3 is 15.2 Å². The monoisotopic (exact) mass is 323 g/mol. The number of hydrogen-bond acceptors (Lipinski definition) is 5. The first kappa shape index (κ1) is 16.3. The summed E-state index contributed by atoms with van der Waals surface area (Å²) in [5.74, 6) is -0.331. The number of halogens is 1. The van der Waals surface area contributed by atoms with E-state index in [0.717, 1.165) is 9.21 Å². The smallest absolute Gasteiger partial charge is 0.334 e. The lowest BCUT2D eigenvalue weighted by atomic mass is 10.3. The number of thiophene rings is 1. The van der Waals surface area contributed by atoms with E-state index in [4.69, 9.17) is 21.4 Å². The Morgan fingerprint density at radius 2 is 2.32 bits per heavy atom. The van der Waals surface area contributed by atoms with Gasteiger partial charge in [0, 0.05) is 17.7 Å². The second-order valence-electron chi connectivity index (χ2n) is 3.57. The van der Waals surface area contributed by atoms with Crippen molar-refractivity contribution in [2.75, 3.05) is 19.4 Å². The van der Waals surface area contributed by atoms with E-state index in [1.54, 1.807) is 0 Å². The van der Waals surface area contributed by atoms with Gasteiger partial charge in [-0.3, -0.25) is 4.79 Å². The van der Waals surface area contributed by atoms with Gasteiger partial charge in [-0.05, 0) is 12.1 Å². The number of rotatable bonds is 8. The maximum absolute atomic E-state index is 11.5. The second-order valence-corrected chi connectivity index (χ2v) is 6.35. The Hall–Kier alpha value is -0.760. The first-order valence-electron chi connectivity index (χ1n) is 5.37. The Morgan fingerprint density at radius 3 is 2.84 bits per heavy atom. The molecule has 1 aromatic rings. The van der Waals surface area contributed by atoms with E-state index < -0.39 is 12.1 Å². The number of ether oxygens (including phenoxy) is 1. The Bertz CT molecular complexity index is 438. The summed E-state index contributed by atoms with van der Waals surface area (Å²) in [6, 6.07) is 3.74. The Balaban J connectivity index is 2.19. The molecule has 0 saturated heterocycles. The molecule has 0 aliphatic carbocycles. The number of amides is 1. The number of nitrogens with one attached hydrogen (secondary N) is 1. The largest absolute Gasteiger partial charge is 0.479 e. The highest BCUT2D eigenvalue weighted by molar-refractivity contribution is 7.99. The lowest BCUT2D eigenvalue weighted by Gasteiger charge is -2.11. The van der Waals surface area contributed by atoms with Crippen molar-refractivity contribution < 1.29 is 19.4 Å². The topological polar surface area (TPSA) is 75.6 Å². The van der Waals surface area contributed by atoms with Crippen LogP contribution in [0, 0.1) is 0 Å². The van der Waals surface area contributed by atoms with Crippen LogP contribution in [0.3, 0.4) is 0 Å². The number of hydrogen-bond donors (Lipinski definition) is 2. The number of carbonyl (C=O) groups is 2. The van der Waals surface area contributed by atoms with Gasteiger partial charge in [-0.1, -0.05) is 11.6 Å². The summed E-state index contributed by atoms with van der Waals surface area (Å²) >= 11 is 8.72. The summed E-state index contributed by atoms with van der Waals surface area (Å²) < 4.78 is 5.43. The van der Waals surface area contributed by atoms with Crippen LogP contribution in [0.25, 0.3) is 0 Å². The van der Waals surface area contributed by atoms with Crippen LogP contribution in [0.2, 0.25) is 4.34 Å². The quantitative estimate of drug-likeness (QED) is 0.763. The first-order chi connectivity index (χ1) is 9.02. The van der Waals surface area contributed by atoms with Crippen LogP contribution >= 0.6 is 34.7 Å². The fourth-order valence-electron chi connectivity index (χ4n) is 1.20. The van der Waals surface area contributed by atoms with E-state index in [-0.39, 0.29) is 18.2 Å². The van der Waals surface area contributed by atoms with E-state index in [0.29, 0.717) is 5.75 Å². The molecule has 19 heavy (non-hydrogen) atoms. The molecule has 0 aliphatic rings. The van der Waals surface area contributed by atoms with E-state index in [9.17, 15) is 9.59 Å². The molecule has 1 atom stereocenters. The minimum Gasteiger partial charge on any atom is -0.479 e. The minimum atomic E-state index is -1.09. The van der Waals surface area contributed by atoms with Crippen molar-refractivity contribution in [3.63, 3.8) is 0 Å². The zero-order valence-electron chi connectivity index (χ0n) is 10.2. The van der Waals surface area contributed by atoms with Crippen molar-refractivity contribution in [3.05, 3.63) is 21.3 Å². The molecule has 1 unspecified atom stereocenters. The SMILES string of the molecule is COC(CNC(=O)CSCc1ccc(Cl)s1)C(=O)O. The number of carboxylic acid groups (broad SMARTS) is 1. The van der Waals surface area contributed by atoms with Gasteiger partial charge in [-0.15, -0.1) is 23.1 Å². The molecule has 0 spiro atoms. The zero-order valence-corrected chi connectivity index (χ0v) is 12.6. The van der Waals surface area contributed by atoms with Gasteiger partial charge in [0.15, 0.2) is 6.10 Å². The van der Waals surface area contributed by atoms with Crippen LogP contribution < -0.4 is 5.32 Å². The highest BCUT2D eigenvalue weighted by Crippen LogP contribution is 2.24. The van der Waals surface area contributed by atoms with Crippen molar-refractivity contribution in [2.45, 2.75) is 11.9 Å². The molecule has 1 rings (SSSR count). The molecule has 0 bridgehead atoms. The van der Waals surface area contributed by atoms with E-state index in [1.165, 1.54) is 30.2 Å². The number of methoxy groups -OCH3 is 1. The van der Waals surface area contributed by atoms with Gasteiger partial charge in [-0.25, -0.2) is 4.79 Å². The number of aliphatic carboxylic acids is 1. The van der Waals surface area contributed by atoms with Crippen molar-refractivity contribution in [2.24, 2.45) is 0 Å². The summed E-state index contributed by atoms with van der Waals surface area (Å²) in [6.07, 6.45) is -1.01. The van der Waals surface area contributed by atoms with Crippen molar-refractivity contribution in [1.29, 1.82) is 0 Å². The Labute approximate surface area is 124 Å². The van der Waals surface area contributed by atoms with Gasteiger partial charge in [0.1, 0.15) is 0 Å². The molecular formula is C11H14ClNO4S2. The van der Waals surface area contributed by atoms with Crippen LogP contribution in [0.4, 0.5) is 0 Å². The molecule has 1 amide bonds. The van der Waals surface area contributed by atoms with Crippen LogP contribution in [0.5, 0.6) is 0 Å². The van der Waals surface area contributed by atoms with Crippen molar-refractivity contribution in [3.8, 4) is 0 Å². The molecule has 1 heterocycles. The van der Waals surface area contributed by atoms with E-state index >= 15 is 0 Å². The van der Waals surface area contributed by atoms with Gasteiger partial charge in [0.05, 0.1) is 16.6 Å². The zero-order chi connectivity index (χ0) is 14.3. The van der Waals surface area contributed by atoms with Crippen molar-refractivity contribution in [1.82, 2.24) is 5.32 Å². The molecule has 0 aromatic carbocycles. The highest BCUT2D eigenvalue weighted by atomic mass is 35.5. The molecule has 2 N–H and O–H groups in total. The standard InChI is InChI=1S/C11H14ClNO4S2/c1-17-8(11(15)16)4-13-10(14)6-18-5-7-2-3-9(12)19-7/h2-3,8H,4-6H2,1H3,(H,13,14)(H,15,16). The van der Waals surface area contributed by atoms with Crippen LogP contribution in [-0.4, -0.2) is 42.5 Å². The molecule has 106 valence electrons. The molecule has 5 nitrogen and oxygen atoms in total. The summed E-state index contributed by atoms with van der Waals surface area (Å²) in [7, 11) is 1.29. The Morgan fingerprint density at radius 1 is 1.58 bits per heavy atom. The fourth-order valence-corrected chi connectivity index (χ4v) is 3.26. The highest BCUT2D eigenvalue weighted by Gasteiger charge is 2.16. The number of carbonyl (C=O) groups excluding carboxylic acids is 1. The molecular weight excluding hydrogens is 310 g/mol. The van der Waals surface area contributed by atoms with Gasteiger partial charge in [-0.2, -0.15) is 0 Å². The van der Waals surface area contributed by atoms with Crippen molar-refractivity contribution >= 4 is 46.6 Å². The molecule has 0 fully saturated rings. The number of thioether (sulfide) groups is 1. The third kappa shape index (κ3) is 6.29. The fraction of sp³-hybridized carbons (Fsp3) is 0.455. The van der Waals surface area contributed by atoms with Crippen LogP contribution in [0.15, 0.2) is 12.1 Å². The lowest BCUT2D eigenvalue weighted by molar-refractivity contribution is -0.148. The van der Waals surface area contributed by atoms with E-state index in [1.807, 2.05) is 12.1 Å². The average Bonchev–Trinajstić information content (AvgIpc) is 2.75. The molecule has 0 aliphatic heterocycles. The molecule has 8 heteroatoms. The van der Waals surface area contributed by atoms with Gasteiger partial charge >= 0.3 is 5.97 Å². The van der Waals surface area contributed by atoms with Gasteiger partial charge in [0.25, 0.3) is 0 Å². The Kier molecular flexibility index (Phi) is 7.22. The number of carboxylic acids is 1. The van der Waals surface area contributed by atoms with E-state index in [2.05, 4.69) is 5.32 Å². The second kappa shape index (κ2) is 8.42. The normalized spacial score (nSPS) is 12.1.